The summed E-state index contributed by atoms with van der Waals surface area (Å²) in [4.78, 5) is 29.0. The van der Waals surface area contributed by atoms with Gasteiger partial charge in [-0.05, 0) is 25.5 Å². The van der Waals surface area contributed by atoms with E-state index in [-0.39, 0.29) is 23.6 Å². The lowest BCUT2D eigenvalue weighted by atomic mass is 9.86. The molecule has 0 bridgehead atoms. The molecule has 0 saturated carbocycles. The number of alkyl halides is 3. The first-order chi connectivity index (χ1) is 12.2. The van der Waals surface area contributed by atoms with Crippen molar-refractivity contribution < 1.29 is 32.4 Å². The minimum Gasteiger partial charge on any atom is -0.481 e. The summed E-state index contributed by atoms with van der Waals surface area (Å²) in [6.07, 6.45) is -5.66. The summed E-state index contributed by atoms with van der Waals surface area (Å²) in [5.74, 6) is -2.30. The fourth-order valence-electron chi connectivity index (χ4n) is 2.94. The van der Waals surface area contributed by atoms with Gasteiger partial charge in [-0.15, -0.1) is 0 Å². The van der Waals surface area contributed by atoms with E-state index in [1.165, 1.54) is 12.1 Å². The van der Waals surface area contributed by atoms with E-state index in [1.54, 1.807) is 19.1 Å². The van der Waals surface area contributed by atoms with Crippen molar-refractivity contribution >= 4 is 11.9 Å². The molecule has 1 saturated heterocycles. The number of benzene rings is 1. The molecule has 0 aliphatic carbocycles. The van der Waals surface area contributed by atoms with E-state index in [2.05, 4.69) is 10.1 Å². The van der Waals surface area contributed by atoms with E-state index in [1.807, 2.05) is 0 Å². The number of likely N-dealkylation sites (tertiary alicyclic amines) is 1. The number of hydrogen-bond donors (Lipinski definition) is 1. The summed E-state index contributed by atoms with van der Waals surface area (Å²) in [6, 6.07) is 6.12. The summed E-state index contributed by atoms with van der Waals surface area (Å²) >= 11 is 0. The molecule has 1 aliphatic heterocycles. The van der Waals surface area contributed by atoms with Gasteiger partial charge in [0.1, 0.15) is 0 Å². The summed E-state index contributed by atoms with van der Waals surface area (Å²) in [7, 11) is 0. The van der Waals surface area contributed by atoms with Gasteiger partial charge < -0.3 is 14.5 Å². The number of carboxylic acids is 1. The van der Waals surface area contributed by atoms with Crippen LogP contribution in [0.3, 0.4) is 0 Å². The molecule has 1 unspecified atom stereocenters. The highest BCUT2D eigenvalue weighted by molar-refractivity contribution is 6.00. The zero-order valence-corrected chi connectivity index (χ0v) is 13.6. The number of aryl methyl sites for hydroxylation is 1. The van der Waals surface area contributed by atoms with Gasteiger partial charge in [-0.25, -0.2) is 0 Å². The van der Waals surface area contributed by atoms with Crippen LogP contribution in [0, 0.1) is 12.3 Å². The topological polar surface area (TPSA) is 96.5 Å². The Morgan fingerprint density at radius 3 is 2.54 bits per heavy atom. The van der Waals surface area contributed by atoms with Gasteiger partial charge in [0.25, 0.3) is 11.8 Å². The van der Waals surface area contributed by atoms with Crippen LogP contribution in [0.15, 0.2) is 28.8 Å². The van der Waals surface area contributed by atoms with Crippen LogP contribution >= 0.6 is 0 Å². The lowest BCUT2D eigenvalue weighted by molar-refractivity contribution is -0.227. The number of carboxylic acid groups (broad SMARTS) is 1. The fourth-order valence-corrected chi connectivity index (χ4v) is 2.94. The van der Waals surface area contributed by atoms with E-state index >= 15 is 0 Å². The molecule has 1 atom stereocenters. The van der Waals surface area contributed by atoms with Crippen molar-refractivity contribution in [3.8, 4) is 11.5 Å². The maximum atomic E-state index is 13.3. The molecule has 0 radical (unpaired) electrons. The number of carbonyl (C=O) groups excluding carboxylic acids is 1. The Balaban J connectivity index is 1.94. The van der Waals surface area contributed by atoms with Gasteiger partial charge in [0.2, 0.25) is 0 Å². The normalized spacial score (nSPS) is 20.4. The van der Waals surface area contributed by atoms with Gasteiger partial charge in [0, 0.05) is 13.1 Å². The SMILES string of the molecule is Cc1noc(-c2ccccc2C(=O)N2CCC(C(=O)O)(C(F)(F)F)C2)n1. The highest BCUT2D eigenvalue weighted by atomic mass is 19.4. The molecule has 7 nitrogen and oxygen atoms in total. The van der Waals surface area contributed by atoms with Gasteiger partial charge >= 0.3 is 12.1 Å². The highest BCUT2D eigenvalue weighted by Crippen LogP contribution is 2.46. The number of hydrogen-bond acceptors (Lipinski definition) is 5. The van der Waals surface area contributed by atoms with Crippen LogP contribution in [-0.2, 0) is 4.79 Å². The van der Waals surface area contributed by atoms with Crippen molar-refractivity contribution in [3.05, 3.63) is 35.7 Å². The fraction of sp³-hybridized carbons (Fsp3) is 0.375. The van der Waals surface area contributed by atoms with E-state index in [9.17, 15) is 22.8 Å². The predicted molar refractivity (Wildman–Crippen MR) is 81.1 cm³/mol. The molecule has 2 aromatic rings. The van der Waals surface area contributed by atoms with Gasteiger partial charge in [0.15, 0.2) is 11.2 Å². The van der Waals surface area contributed by atoms with Gasteiger partial charge in [-0.2, -0.15) is 18.2 Å². The average molecular weight is 369 g/mol. The minimum absolute atomic E-state index is 0.0611. The predicted octanol–water partition coefficient (Wildman–Crippen LogP) is 2.52. The van der Waals surface area contributed by atoms with Crippen molar-refractivity contribution in [2.75, 3.05) is 13.1 Å². The van der Waals surface area contributed by atoms with Gasteiger partial charge in [0.05, 0.1) is 11.1 Å². The van der Waals surface area contributed by atoms with Gasteiger partial charge in [-0.1, -0.05) is 17.3 Å². The van der Waals surface area contributed by atoms with Crippen LogP contribution < -0.4 is 0 Å². The Hall–Kier alpha value is -2.91. The number of amides is 1. The van der Waals surface area contributed by atoms with Crippen molar-refractivity contribution in [2.24, 2.45) is 5.41 Å². The third-order valence-electron chi connectivity index (χ3n) is 4.42. The monoisotopic (exact) mass is 369 g/mol. The van der Waals surface area contributed by atoms with Crippen molar-refractivity contribution in [2.45, 2.75) is 19.5 Å². The number of aromatic nitrogens is 2. The summed E-state index contributed by atoms with van der Waals surface area (Å²) in [5, 5.41) is 12.7. The first-order valence-corrected chi connectivity index (χ1v) is 7.65. The third-order valence-corrected chi connectivity index (χ3v) is 4.42. The van der Waals surface area contributed by atoms with Crippen molar-refractivity contribution in [1.82, 2.24) is 15.0 Å². The maximum Gasteiger partial charge on any atom is 0.406 e. The highest BCUT2D eigenvalue weighted by Gasteiger charge is 2.64. The van der Waals surface area contributed by atoms with Crippen molar-refractivity contribution in [3.63, 3.8) is 0 Å². The summed E-state index contributed by atoms with van der Waals surface area (Å²) < 4.78 is 44.9. The summed E-state index contributed by atoms with van der Waals surface area (Å²) in [5.41, 5.74) is -2.61. The molecule has 1 fully saturated rings. The number of halogens is 3. The molecule has 26 heavy (non-hydrogen) atoms. The summed E-state index contributed by atoms with van der Waals surface area (Å²) in [6.45, 7) is 0.326. The molecule has 10 heteroatoms. The molecule has 138 valence electrons. The second-order valence-electron chi connectivity index (χ2n) is 6.05. The van der Waals surface area contributed by atoms with Crippen LogP contribution in [0.5, 0.6) is 0 Å². The van der Waals surface area contributed by atoms with E-state index in [0.717, 1.165) is 4.90 Å². The van der Waals surface area contributed by atoms with Crippen molar-refractivity contribution in [1.29, 1.82) is 0 Å². The van der Waals surface area contributed by atoms with Crippen LogP contribution in [0.2, 0.25) is 0 Å². The van der Waals surface area contributed by atoms with Crippen LogP contribution in [-0.4, -0.2) is 51.3 Å². The van der Waals surface area contributed by atoms with Crippen LogP contribution in [0.25, 0.3) is 11.5 Å². The Morgan fingerprint density at radius 1 is 1.31 bits per heavy atom. The Bertz CT molecular complexity index is 864. The number of aliphatic carboxylic acids is 1. The Kier molecular flexibility index (Phi) is 4.21. The number of rotatable bonds is 3. The quantitative estimate of drug-likeness (QED) is 0.893. The molecule has 1 aliphatic rings. The van der Waals surface area contributed by atoms with Crippen LogP contribution in [0.1, 0.15) is 22.6 Å². The first kappa shape index (κ1) is 17.9. The standard InChI is InChI=1S/C16H14F3N3O4/c1-9-20-12(26-21-9)10-4-2-3-5-11(10)13(23)22-7-6-15(8-22,14(24)25)16(17,18)19/h2-5H,6-8H2,1H3,(H,24,25). The molecule has 3 rings (SSSR count). The molecule has 1 aromatic heterocycles. The second kappa shape index (κ2) is 6.11. The minimum atomic E-state index is -4.96. The molecular weight excluding hydrogens is 355 g/mol. The molecular formula is C16H14F3N3O4. The second-order valence-corrected chi connectivity index (χ2v) is 6.05. The Morgan fingerprint density at radius 2 is 2.00 bits per heavy atom. The largest absolute Gasteiger partial charge is 0.481 e. The number of carbonyl (C=O) groups is 2. The molecule has 1 amide bonds. The third kappa shape index (κ3) is 2.80. The maximum absolute atomic E-state index is 13.3. The molecule has 1 aromatic carbocycles. The first-order valence-electron chi connectivity index (χ1n) is 7.65. The zero-order valence-electron chi connectivity index (χ0n) is 13.6. The Labute approximate surface area is 145 Å². The molecule has 2 heterocycles. The molecule has 1 N–H and O–H groups in total. The number of nitrogens with zero attached hydrogens (tertiary/aromatic N) is 3. The van der Waals surface area contributed by atoms with E-state index in [4.69, 9.17) is 9.63 Å². The van der Waals surface area contributed by atoms with E-state index in [0.29, 0.717) is 5.82 Å². The molecule has 0 spiro atoms. The lowest BCUT2D eigenvalue weighted by Gasteiger charge is -2.27. The van der Waals surface area contributed by atoms with Crippen LogP contribution in [0.4, 0.5) is 13.2 Å². The lowest BCUT2D eigenvalue weighted by Crippen LogP contribution is -2.47. The van der Waals surface area contributed by atoms with E-state index < -0.39 is 36.4 Å². The zero-order chi connectivity index (χ0) is 19.1. The van der Waals surface area contributed by atoms with Gasteiger partial charge in [-0.3, -0.25) is 9.59 Å². The smallest absolute Gasteiger partial charge is 0.406 e. The average Bonchev–Trinajstić information content (AvgIpc) is 3.21.